The number of halogens is 1. The van der Waals surface area contributed by atoms with Crippen molar-refractivity contribution in [3.05, 3.63) is 60.1 Å². The number of alkyl halides is 1. The molecule has 0 unspecified atom stereocenters. The van der Waals surface area contributed by atoms with Crippen LogP contribution in [0, 0.1) is 11.8 Å². The minimum atomic E-state index is -0.957. The molecule has 0 aliphatic carbocycles. The molecule has 1 saturated heterocycles. The normalized spacial score (nSPS) is 17.1. The molecule has 4 rings (SSSR count). The zero-order chi connectivity index (χ0) is 29.5. The van der Waals surface area contributed by atoms with E-state index in [9.17, 15) is 9.18 Å². The monoisotopic (exact) mass is 561 g/mol. The number of amides is 1. The highest BCUT2D eigenvalue weighted by Gasteiger charge is 2.28. The molecule has 3 aromatic rings. The van der Waals surface area contributed by atoms with Gasteiger partial charge >= 0.3 is 0 Å². The van der Waals surface area contributed by atoms with Crippen molar-refractivity contribution in [3.63, 3.8) is 0 Å². The number of anilines is 2. The SMILES string of the molecule is C=Cc1c(C#CCNc2ccc(C(=O)N(C)CCN(C)C)cc2OC)nc2c(N[C@@H]3CCN(C)C[C@@H]3F)cccn12. The van der Waals surface area contributed by atoms with Gasteiger partial charge in [0.15, 0.2) is 5.65 Å². The van der Waals surface area contributed by atoms with Gasteiger partial charge in [0.2, 0.25) is 0 Å². The van der Waals surface area contributed by atoms with Gasteiger partial charge in [0.1, 0.15) is 17.6 Å². The van der Waals surface area contributed by atoms with Gasteiger partial charge in [0, 0.05) is 45.0 Å². The molecule has 0 bridgehead atoms. The average molecular weight is 562 g/mol. The number of likely N-dealkylation sites (tertiary alicyclic amines) is 1. The first-order chi connectivity index (χ1) is 19.7. The third-order valence-corrected chi connectivity index (χ3v) is 7.22. The first kappa shape index (κ1) is 29.9. The van der Waals surface area contributed by atoms with Crippen molar-refractivity contribution < 1.29 is 13.9 Å². The van der Waals surface area contributed by atoms with E-state index in [1.165, 1.54) is 0 Å². The number of nitrogens with one attached hydrogen (secondary N) is 2. The molecule has 2 aromatic heterocycles. The number of carbonyl (C=O) groups excluding carboxylic acids is 1. The van der Waals surface area contributed by atoms with Gasteiger partial charge in [0.05, 0.1) is 36.8 Å². The summed E-state index contributed by atoms with van der Waals surface area (Å²) in [5.74, 6) is 6.77. The first-order valence-corrected chi connectivity index (χ1v) is 13.8. The number of ether oxygens (including phenoxy) is 1. The Kier molecular flexibility index (Phi) is 9.86. The van der Waals surface area contributed by atoms with Gasteiger partial charge in [-0.3, -0.25) is 9.20 Å². The van der Waals surface area contributed by atoms with E-state index in [2.05, 4.69) is 29.1 Å². The molecule has 0 saturated carbocycles. The summed E-state index contributed by atoms with van der Waals surface area (Å²) >= 11 is 0. The predicted octanol–water partition coefficient (Wildman–Crippen LogP) is 3.54. The van der Waals surface area contributed by atoms with Crippen LogP contribution in [-0.4, -0.2) is 110 Å². The van der Waals surface area contributed by atoms with Gasteiger partial charge in [0.25, 0.3) is 5.91 Å². The lowest BCUT2D eigenvalue weighted by Crippen LogP contribution is -2.46. The lowest BCUT2D eigenvalue weighted by Gasteiger charge is -2.33. The van der Waals surface area contributed by atoms with Gasteiger partial charge in [-0.2, -0.15) is 0 Å². The Morgan fingerprint density at radius 1 is 1.27 bits per heavy atom. The van der Waals surface area contributed by atoms with E-state index in [0.717, 1.165) is 36.6 Å². The predicted molar refractivity (Wildman–Crippen MR) is 164 cm³/mol. The molecule has 218 valence electrons. The van der Waals surface area contributed by atoms with Crippen LogP contribution in [0.5, 0.6) is 5.75 Å². The Morgan fingerprint density at radius 3 is 2.78 bits per heavy atom. The van der Waals surface area contributed by atoms with Gasteiger partial charge in [-0.25, -0.2) is 9.37 Å². The van der Waals surface area contributed by atoms with Gasteiger partial charge in [-0.15, -0.1) is 0 Å². The van der Waals surface area contributed by atoms with Crippen LogP contribution in [0.15, 0.2) is 43.1 Å². The minimum absolute atomic E-state index is 0.0630. The Bertz CT molecular complexity index is 1440. The standard InChI is InChI=1S/C31H40FN7O2/c1-7-28-25(35-30-27(11-9-16-39(28)30)34-24-14-17-37(4)21-23(24)32)10-8-15-33-26-13-12-22(20-29(26)41-6)31(40)38(5)19-18-36(2)3/h7,9,11-13,16,20,23-24,33-34H,1,14-15,17-19,21H2,2-6H3/t23-,24+/m0/s1. The smallest absolute Gasteiger partial charge is 0.253 e. The number of aromatic nitrogens is 2. The molecule has 3 heterocycles. The highest BCUT2D eigenvalue weighted by atomic mass is 19.1. The largest absolute Gasteiger partial charge is 0.495 e. The highest BCUT2D eigenvalue weighted by molar-refractivity contribution is 5.95. The lowest BCUT2D eigenvalue weighted by molar-refractivity contribution is 0.0786. The van der Waals surface area contributed by atoms with Gasteiger partial charge < -0.3 is 30.1 Å². The zero-order valence-corrected chi connectivity index (χ0v) is 24.6. The number of likely N-dealkylation sites (N-methyl/N-ethyl adjacent to an activating group) is 2. The maximum Gasteiger partial charge on any atom is 0.253 e. The second kappa shape index (κ2) is 13.5. The minimum Gasteiger partial charge on any atom is -0.495 e. The number of fused-ring (bicyclic) bond motifs is 1. The molecule has 0 spiro atoms. The van der Waals surface area contributed by atoms with E-state index in [1.54, 1.807) is 37.3 Å². The van der Waals surface area contributed by atoms with E-state index >= 15 is 0 Å². The van der Waals surface area contributed by atoms with Crippen LogP contribution in [0.3, 0.4) is 0 Å². The molecule has 2 N–H and O–H groups in total. The number of hydrogen-bond donors (Lipinski definition) is 2. The Balaban J connectivity index is 1.46. The van der Waals surface area contributed by atoms with E-state index in [-0.39, 0.29) is 11.9 Å². The van der Waals surface area contributed by atoms with Crippen LogP contribution < -0.4 is 15.4 Å². The summed E-state index contributed by atoms with van der Waals surface area (Å²) in [6, 6.07) is 8.90. The molecule has 2 atom stereocenters. The Labute approximate surface area is 242 Å². The number of hydrogen-bond acceptors (Lipinski definition) is 7. The number of pyridine rings is 1. The van der Waals surface area contributed by atoms with E-state index in [0.29, 0.717) is 42.3 Å². The first-order valence-electron chi connectivity index (χ1n) is 13.8. The zero-order valence-electron chi connectivity index (χ0n) is 24.6. The number of piperidine rings is 1. The van der Waals surface area contributed by atoms with Crippen LogP contribution >= 0.6 is 0 Å². The molecular formula is C31H40FN7O2. The van der Waals surface area contributed by atoms with Crippen molar-refractivity contribution in [2.75, 3.05) is 78.7 Å². The highest BCUT2D eigenvalue weighted by Crippen LogP contribution is 2.27. The summed E-state index contributed by atoms with van der Waals surface area (Å²) in [5.41, 5.74) is 4.11. The topological polar surface area (TPSA) is 77.4 Å². The van der Waals surface area contributed by atoms with Crippen LogP contribution in [0.25, 0.3) is 11.7 Å². The fourth-order valence-corrected chi connectivity index (χ4v) is 4.81. The molecule has 0 radical (unpaired) electrons. The second-order valence-corrected chi connectivity index (χ2v) is 10.6. The van der Waals surface area contributed by atoms with Crippen LogP contribution in [0.1, 0.15) is 28.2 Å². The van der Waals surface area contributed by atoms with Crippen molar-refractivity contribution in [2.45, 2.75) is 18.6 Å². The summed E-state index contributed by atoms with van der Waals surface area (Å²) < 4.78 is 22.1. The summed E-state index contributed by atoms with van der Waals surface area (Å²) in [5, 5.41) is 6.64. The van der Waals surface area contributed by atoms with Crippen molar-refractivity contribution in [3.8, 4) is 17.6 Å². The molecule has 1 aliphatic rings. The fourth-order valence-electron chi connectivity index (χ4n) is 4.81. The average Bonchev–Trinajstić information content (AvgIpc) is 3.33. The number of nitrogens with zero attached hydrogens (tertiary/aromatic N) is 5. The summed E-state index contributed by atoms with van der Waals surface area (Å²) in [6.07, 6.45) is 3.39. The van der Waals surface area contributed by atoms with Crippen molar-refractivity contribution >= 4 is 29.0 Å². The van der Waals surface area contributed by atoms with Crippen molar-refractivity contribution in [1.29, 1.82) is 0 Å². The van der Waals surface area contributed by atoms with Crippen LogP contribution in [-0.2, 0) is 0 Å². The van der Waals surface area contributed by atoms with Crippen LogP contribution in [0.2, 0.25) is 0 Å². The van der Waals surface area contributed by atoms with E-state index in [1.807, 2.05) is 59.7 Å². The summed E-state index contributed by atoms with van der Waals surface area (Å²) in [4.78, 5) is 23.3. The maximum atomic E-state index is 14.7. The lowest BCUT2D eigenvalue weighted by atomic mass is 10.0. The number of benzene rings is 1. The van der Waals surface area contributed by atoms with E-state index < -0.39 is 6.17 Å². The van der Waals surface area contributed by atoms with Crippen molar-refractivity contribution in [1.82, 2.24) is 24.1 Å². The Morgan fingerprint density at radius 2 is 2.07 bits per heavy atom. The summed E-state index contributed by atoms with van der Waals surface area (Å²) in [6.45, 7) is 6.95. The fraction of sp³-hybridized carbons (Fsp3) is 0.419. The second-order valence-electron chi connectivity index (χ2n) is 10.6. The van der Waals surface area contributed by atoms with Crippen molar-refractivity contribution in [2.24, 2.45) is 0 Å². The third-order valence-electron chi connectivity index (χ3n) is 7.22. The van der Waals surface area contributed by atoms with Crippen LogP contribution in [0.4, 0.5) is 15.8 Å². The number of methoxy groups -OCH3 is 1. The Hall–Kier alpha value is -4.07. The molecular weight excluding hydrogens is 521 g/mol. The molecule has 41 heavy (non-hydrogen) atoms. The molecule has 1 aromatic carbocycles. The molecule has 9 nitrogen and oxygen atoms in total. The number of carbonyl (C=O) groups is 1. The maximum absolute atomic E-state index is 14.7. The number of rotatable bonds is 10. The molecule has 1 amide bonds. The van der Waals surface area contributed by atoms with Gasteiger partial charge in [-0.1, -0.05) is 12.5 Å². The molecule has 1 fully saturated rings. The summed E-state index contributed by atoms with van der Waals surface area (Å²) in [7, 11) is 9.26. The molecule has 10 heteroatoms. The van der Waals surface area contributed by atoms with Gasteiger partial charge in [-0.05, 0) is 69.9 Å². The third kappa shape index (κ3) is 7.17. The van der Waals surface area contributed by atoms with E-state index in [4.69, 9.17) is 9.72 Å². The quantitative estimate of drug-likeness (QED) is 0.367. The molecule has 1 aliphatic heterocycles. The number of imidazole rings is 1.